The van der Waals surface area contributed by atoms with Gasteiger partial charge in [-0.1, -0.05) is 6.07 Å². The average molecular weight is 498 g/mol. The molecule has 1 saturated heterocycles. The lowest BCUT2D eigenvalue weighted by atomic mass is 9.90. The number of pyridine rings is 1. The van der Waals surface area contributed by atoms with Crippen molar-refractivity contribution < 1.29 is 28.5 Å². The van der Waals surface area contributed by atoms with E-state index in [2.05, 4.69) is 15.2 Å². The number of hydrogen-bond acceptors (Lipinski definition) is 10. The van der Waals surface area contributed by atoms with Crippen LogP contribution >= 0.6 is 0 Å². The summed E-state index contributed by atoms with van der Waals surface area (Å²) in [5.41, 5.74) is 0.571. The van der Waals surface area contributed by atoms with Crippen molar-refractivity contribution in [2.24, 2.45) is 10.9 Å². The first-order valence-corrected chi connectivity index (χ1v) is 11.8. The third-order valence-electron chi connectivity index (χ3n) is 6.22. The Morgan fingerprint density at radius 1 is 1.03 bits per heavy atom. The lowest BCUT2D eigenvalue weighted by Gasteiger charge is -2.39. The first-order chi connectivity index (χ1) is 17.5. The van der Waals surface area contributed by atoms with E-state index in [9.17, 15) is 9.59 Å². The Kier molecular flexibility index (Phi) is 7.77. The number of guanidine groups is 1. The molecule has 0 unspecified atom stereocenters. The molecule has 11 nitrogen and oxygen atoms in total. The van der Waals surface area contributed by atoms with Gasteiger partial charge in [-0.25, -0.2) is 9.98 Å². The summed E-state index contributed by atoms with van der Waals surface area (Å²) in [6.07, 6.45) is 1.77. The molecule has 0 radical (unpaired) electrons. The molecule has 2 aliphatic rings. The minimum Gasteiger partial charge on any atom is -0.493 e. The highest BCUT2D eigenvalue weighted by Gasteiger charge is 2.43. The molecule has 11 heteroatoms. The Hall–Kier alpha value is -4.02. The number of amides is 1. The van der Waals surface area contributed by atoms with E-state index >= 15 is 0 Å². The van der Waals surface area contributed by atoms with Gasteiger partial charge in [-0.05, 0) is 36.8 Å². The molecule has 0 bridgehead atoms. The lowest BCUT2D eigenvalue weighted by molar-refractivity contribution is -0.153. The highest BCUT2D eigenvalue weighted by atomic mass is 16.5. The van der Waals surface area contributed by atoms with Gasteiger partial charge in [-0.2, -0.15) is 0 Å². The van der Waals surface area contributed by atoms with Gasteiger partial charge in [0.15, 0.2) is 17.4 Å². The van der Waals surface area contributed by atoms with Crippen LogP contribution in [0.1, 0.15) is 18.5 Å². The molecule has 1 aromatic carbocycles. The molecule has 3 heterocycles. The van der Waals surface area contributed by atoms with Gasteiger partial charge in [-0.15, -0.1) is 0 Å². The minimum atomic E-state index is -1.16. The molecule has 0 aliphatic carbocycles. The summed E-state index contributed by atoms with van der Waals surface area (Å²) in [6.45, 7) is 4.52. The molecule has 2 atom stereocenters. The van der Waals surface area contributed by atoms with Crippen LogP contribution in [0.15, 0.2) is 41.5 Å². The van der Waals surface area contributed by atoms with E-state index in [1.807, 2.05) is 23.1 Å². The van der Waals surface area contributed by atoms with Crippen molar-refractivity contribution in [2.75, 3.05) is 59.0 Å². The first-order valence-electron chi connectivity index (χ1n) is 11.8. The number of esters is 1. The summed E-state index contributed by atoms with van der Waals surface area (Å²) in [5, 5.41) is 2.82. The number of anilines is 1. The maximum atomic E-state index is 13.2. The Morgan fingerprint density at radius 2 is 1.69 bits per heavy atom. The van der Waals surface area contributed by atoms with Crippen molar-refractivity contribution in [1.82, 2.24) is 15.2 Å². The molecular formula is C25H31N5O6. The summed E-state index contributed by atoms with van der Waals surface area (Å²) in [5.74, 6) is 0.269. The number of hydrogen-bond donors (Lipinski definition) is 1. The minimum absolute atomic E-state index is 0.149. The number of ether oxygens (including phenoxy) is 4. The molecular weight excluding hydrogens is 466 g/mol. The van der Waals surface area contributed by atoms with Crippen LogP contribution in [0.25, 0.3) is 0 Å². The van der Waals surface area contributed by atoms with E-state index in [1.54, 1.807) is 25.3 Å². The van der Waals surface area contributed by atoms with E-state index in [0.717, 1.165) is 5.82 Å². The number of nitrogens with zero attached hydrogens (tertiary/aromatic N) is 4. The second kappa shape index (κ2) is 11.1. The van der Waals surface area contributed by atoms with Gasteiger partial charge in [-0.3, -0.25) is 14.9 Å². The van der Waals surface area contributed by atoms with Gasteiger partial charge < -0.3 is 28.7 Å². The summed E-state index contributed by atoms with van der Waals surface area (Å²) < 4.78 is 21.6. The van der Waals surface area contributed by atoms with Crippen LogP contribution < -0.4 is 24.4 Å². The van der Waals surface area contributed by atoms with Crippen molar-refractivity contribution >= 4 is 23.7 Å². The zero-order valence-electron chi connectivity index (χ0n) is 20.9. The summed E-state index contributed by atoms with van der Waals surface area (Å²) in [7, 11) is 4.52. The van der Waals surface area contributed by atoms with Gasteiger partial charge in [0.05, 0.1) is 27.9 Å². The molecule has 2 aromatic rings. The summed E-state index contributed by atoms with van der Waals surface area (Å²) >= 11 is 0. The standard InChI is InChI=1S/C25H31N5O6/c1-5-36-24(32)20-21(16-14-17(33-2)22(35-4)18(15-16)34-3)27-25(28-23(20)31)30-12-10-29(11-13-30)19-8-6-7-9-26-19/h6-9,14-15,20-21H,5,10-13H2,1-4H3,(H,27,28,31)/t20-,21+/m1/s1. The van der Waals surface area contributed by atoms with E-state index in [0.29, 0.717) is 55.0 Å². The van der Waals surface area contributed by atoms with Gasteiger partial charge in [0, 0.05) is 32.4 Å². The zero-order chi connectivity index (χ0) is 25.7. The third-order valence-corrected chi connectivity index (χ3v) is 6.22. The van der Waals surface area contributed by atoms with Crippen LogP contribution in [0.3, 0.4) is 0 Å². The van der Waals surface area contributed by atoms with Gasteiger partial charge in [0.1, 0.15) is 11.9 Å². The fraction of sp³-hybridized carbons (Fsp3) is 0.440. The van der Waals surface area contributed by atoms with Crippen LogP contribution in [-0.2, 0) is 14.3 Å². The van der Waals surface area contributed by atoms with E-state index in [-0.39, 0.29) is 6.61 Å². The topological polar surface area (TPSA) is 115 Å². The molecule has 2 aliphatic heterocycles. The number of piperazine rings is 1. The van der Waals surface area contributed by atoms with Gasteiger partial charge in [0.2, 0.25) is 17.6 Å². The van der Waals surface area contributed by atoms with Gasteiger partial charge in [0.25, 0.3) is 0 Å². The second-order valence-corrected chi connectivity index (χ2v) is 8.24. The predicted molar refractivity (Wildman–Crippen MR) is 133 cm³/mol. The van der Waals surface area contributed by atoms with Crippen LogP contribution in [0.2, 0.25) is 0 Å². The number of aliphatic imine (C=N–C) groups is 1. The number of aromatic nitrogens is 1. The number of methoxy groups -OCH3 is 3. The summed E-state index contributed by atoms with van der Waals surface area (Å²) in [4.78, 5) is 39.5. The van der Waals surface area contributed by atoms with Crippen LogP contribution in [0, 0.1) is 5.92 Å². The third kappa shape index (κ3) is 5.00. The molecule has 0 spiro atoms. The largest absolute Gasteiger partial charge is 0.493 e. The van der Waals surface area contributed by atoms with Crippen LogP contribution in [0.5, 0.6) is 17.2 Å². The van der Waals surface area contributed by atoms with Gasteiger partial charge >= 0.3 is 5.97 Å². The average Bonchev–Trinajstić information content (AvgIpc) is 2.92. The highest BCUT2D eigenvalue weighted by molar-refractivity contribution is 6.08. The molecule has 4 rings (SSSR count). The number of benzene rings is 1. The molecule has 1 N–H and O–H groups in total. The SMILES string of the molecule is CCOC(=O)[C@H]1C(=O)NC(N2CCN(c3ccccn3)CC2)=N[C@H]1c1cc(OC)c(OC)c(OC)c1. The number of rotatable bonds is 7. The zero-order valence-corrected chi connectivity index (χ0v) is 20.9. The fourth-order valence-corrected chi connectivity index (χ4v) is 4.43. The monoisotopic (exact) mass is 497 g/mol. The molecule has 36 heavy (non-hydrogen) atoms. The first kappa shape index (κ1) is 25.1. The Morgan fingerprint density at radius 3 is 2.25 bits per heavy atom. The number of carbonyl (C=O) groups is 2. The van der Waals surface area contributed by atoms with E-state index in [1.165, 1.54) is 21.3 Å². The number of nitrogens with one attached hydrogen (secondary N) is 1. The van der Waals surface area contributed by atoms with E-state index < -0.39 is 23.8 Å². The van der Waals surface area contributed by atoms with Crippen LogP contribution in [0.4, 0.5) is 5.82 Å². The van der Waals surface area contributed by atoms with Crippen molar-refractivity contribution in [3.8, 4) is 17.2 Å². The van der Waals surface area contributed by atoms with Crippen molar-refractivity contribution in [3.05, 3.63) is 42.1 Å². The van der Waals surface area contributed by atoms with Crippen molar-refractivity contribution in [3.63, 3.8) is 0 Å². The Bertz CT molecular complexity index is 1090. The molecule has 1 amide bonds. The molecule has 1 aromatic heterocycles. The molecule has 192 valence electrons. The highest BCUT2D eigenvalue weighted by Crippen LogP contribution is 2.42. The van der Waals surface area contributed by atoms with E-state index in [4.69, 9.17) is 23.9 Å². The van der Waals surface area contributed by atoms with Crippen molar-refractivity contribution in [1.29, 1.82) is 0 Å². The molecule has 1 fully saturated rings. The fourth-order valence-electron chi connectivity index (χ4n) is 4.43. The number of carbonyl (C=O) groups excluding carboxylic acids is 2. The maximum absolute atomic E-state index is 13.2. The normalized spacial score (nSPS) is 19.8. The lowest BCUT2D eigenvalue weighted by Crippen LogP contribution is -2.57. The Balaban J connectivity index is 1.67. The molecule has 0 saturated carbocycles. The predicted octanol–water partition coefficient (Wildman–Crippen LogP) is 1.64. The summed E-state index contributed by atoms with van der Waals surface area (Å²) in [6, 6.07) is 8.39. The quantitative estimate of drug-likeness (QED) is 0.450. The second-order valence-electron chi connectivity index (χ2n) is 8.24. The maximum Gasteiger partial charge on any atom is 0.321 e. The van der Waals surface area contributed by atoms with Crippen LogP contribution in [-0.4, -0.2) is 81.8 Å². The van der Waals surface area contributed by atoms with Crippen molar-refractivity contribution in [2.45, 2.75) is 13.0 Å². The Labute approximate surface area is 210 Å². The smallest absolute Gasteiger partial charge is 0.321 e.